The molecule has 0 saturated heterocycles. The highest BCUT2D eigenvalue weighted by molar-refractivity contribution is 7.13. The third kappa shape index (κ3) is 6.96. The van der Waals surface area contributed by atoms with Crippen molar-refractivity contribution in [1.29, 1.82) is 0 Å². The third-order valence-corrected chi connectivity index (χ3v) is 3.82. The lowest BCUT2D eigenvalue weighted by molar-refractivity contribution is -0.137. The summed E-state index contributed by atoms with van der Waals surface area (Å²) < 4.78 is 0. The number of carbonyl (C=O) groups is 2. The molecule has 0 fully saturated rings. The normalized spacial score (nSPS) is 10.4. The van der Waals surface area contributed by atoms with Crippen LogP contribution in [0.2, 0.25) is 0 Å². The SMILES string of the molecule is Cc1ccc(C(=O)NCCCCCCCC(=O)O)s1. The highest BCUT2D eigenvalue weighted by Gasteiger charge is 2.06. The van der Waals surface area contributed by atoms with Gasteiger partial charge in [0.25, 0.3) is 5.91 Å². The van der Waals surface area contributed by atoms with Crippen molar-refractivity contribution in [2.45, 2.75) is 45.4 Å². The van der Waals surface area contributed by atoms with E-state index in [-0.39, 0.29) is 12.3 Å². The maximum absolute atomic E-state index is 11.7. The van der Waals surface area contributed by atoms with Crippen molar-refractivity contribution < 1.29 is 14.7 Å². The molecule has 1 aromatic heterocycles. The maximum Gasteiger partial charge on any atom is 0.303 e. The topological polar surface area (TPSA) is 66.4 Å². The molecule has 0 aliphatic carbocycles. The van der Waals surface area contributed by atoms with Gasteiger partial charge in [-0.2, -0.15) is 0 Å². The first-order chi connectivity index (χ1) is 9.09. The Labute approximate surface area is 117 Å². The largest absolute Gasteiger partial charge is 0.481 e. The number of aryl methyl sites for hydroxylation is 1. The van der Waals surface area contributed by atoms with Crippen LogP contribution in [0, 0.1) is 6.92 Å². The van der Waals surface area contributed by atoms with E-state index in [9.17, 15) is 9.59 Å². The summed E-state index contributed by atoms with van der Waals surface area (Å²) in [6.45, 7) is 2.67. The van der Waals surface area contributed by atoms with Gasteiger partial charge >= 0.3 is 5.97 Å². The molecule has 0 bridgehead atoms. The van der Waals surface area contributed by atoms with E-state index in [1.165, 1.54) is 11.3 Å². The lowest BCUT2D eigenvalue weighted by Gasteiger charge is -2.03. The highest BCUT2D eigenvalue weighted by Crippen LogP contribution is 2.14. The molecule has 2 N–H and O–H groups in total. The number of unbranched alkanes of at least 4 members (excludes halogenated alkanes) is 4. The van der Waals surface area contributed by atoms with Crippen molar-refractivity contribution in [1.82, 2.24) is 5.32 Å². The zero-order chi connectivity index (χ0) is 14.1. The second kappa shape index (κ2) is 8.69. The Balaban J connectivity index is 1.99. The molecule has 0 radical (unpaired) electrons. The number of thiophene rings is 1. The Morgan fingerprint density at radius 1 is 1.16 bits per heavy atom. The predicted molar refractivity (Wildman–Crippen MR) is 76.7 cm³/mol. The van der Waals surface area contributed by atoms with Crippen LogP contribution in [0.3, 0.4) is 0 Å². The average Bonchev–Trinajstić information content (AvgIpc) is 2.78. The molecule has 1 rings (SSSR count). The Morgan fingerprint density at radius 3 is 2.47 bits per heavy atom. The molecule has 0 atom stereocenters. The molecule has 1 amide bonds. The van der Waals surface area contributed by atoms with E-state index in [4.69, 9.17) is 5.11 Å². The standard InChI is InChI=1S/C14H21NO3S/c1-11-8-9-12(19-11)14(18)15-10-6-4-2-3-5-7-13(16)17/h8-9H,2-7,10H2,1H3,(H,15,18)(H,16,17). The van der Waals surface area contributed by atoms with Crippen LogP contribution in [0.4, 0.5) is 0 Å². The minimum Gasteiger partial charge on any atom is -0.481 e. The number of carboxylic acid groups (broad SMARTS) is 1. The van der Waals surface area contributed by atoms with Gasteiger partial charge in [0.05, 0.1) is 4.88 Å². The van der Waals surface area contributed by atoms with Crippen LogP contribution in [-0.2, 0) is 4.79 Å². The minimum atomic E-state index is -0.724. The summed E-state index contributed by atoms with van der Waals surface area (Å²) in [5, 5.41) is 11.4. The Kier molecular flexibility index (Phi) is 7.18. The molecule has 19 heavy (non-hydrogen) atoms. The molecule has 0 aliphatic heterocycles. The molecule has 1 heterocycles. The van der Waals surface area contributed by atoms with Gasteiger partial charge in [-0.05, 0) is 31.9 Å². The number of nitrogens with one attached hydrogen (secondary N) is 1. The molecule has 1 aromatic rings. The molecule has 0 spiro atoms. The summed E-state index contributed by atoms with van der Waals surface area (Å²) in [6.07, 6.45) is 4.96. The molecule has 5 heteroatoms. The van der Waals surface area contributed by atoms with Gasteiger partial charge in [-0.15, -0.1) is 11.3 Å². The van der Waals surface area contributed by atoms with Crippen LogP contribution in [0.15, 0.2) is 12.1 Å². The van der Waals surface area contributed by atoms with Crippen LogP contribution < -0.4 is 5.32 Å². The lowest BCUT2D eigenvalue weighted by atomic mass is 10.1. The molecule has 106 valence electrons. The van der Waals surface area contributed by atoms with Gasteiger partial charge < -0.3 is 10.4 Å². The summed E-state index contributed by atoms with van der Waals surface area (Å²) in [6, 6.07) is 3.79. The summed E-state index contributed by atoms with van der Waals surface area (Å²) >= 11 is 1.51. The zero-order valence-electron chi connectivity index (χ0n) is 11.3. The van der Waals surface area contributed by atoms with E-state index in [1.54, 1.807) is 0 Å². The van der Waals surface area contributed by atoms with Crippen molar-refractivity contribution in [3.63, 3.8) is 0 Å². The van der Waals surface area contributed by atoms with Gasteiger partial charge in [0.2, 0.25) is 0 Å². The fraction of sp³-hybridized carbons (Fsp3) is 0.571. The molecule has 0 aromatic carbocycles. The van der Waals surface area contributed by atoms with Crippen LogP contribution in [-0.4, -0.2) is 23.5 Å². The Hall–Kier alpha value is -1.36. The zero-order valence-corrected chi connectivity index (χ0v) is 12.1. The number of amides is 1. The number of carbonyl (C=O) groups excluding carboxylic acids is 1. The quantitative estimate of drug-likeness (QED) is 0.684. The third-order valence-electron chi connectivity index (χ3n) is 2.82. The molecular weight excluding hydrogens is 262 g/mol. The Bertz CT molecular complexity index is 415. The second-order valence-corrected chi connectivity index (χ2v) is 5.87. The van der Waals surface area contributed by atoms with Gasteiger partial charge in [-0.1, -0.05) is 19.3 Å². The first-order valence-electron chi connectivity index (χ1n) is 6.66. The highest BCUT2D eigenvalue weighted by atomic mass is 32.1. The molecular formula is C14H21NO3S. The molecule has 0 unspecified atom stereocenters. The van der Waals surface area contributed by atoms with Gasteiger partial charge in [-0.25, -0.2) is 0 Å². The van der Waals surface area contributed by atoms with Gasteiger partial charge in [-0.3, -0.25) is 9.59 Å². The van der Waals surface area contributed by atoms with Crippen LogP contribution in [0.1, 0.15) is 53.1 Å². The minimum absolute atomic E-state index is 0.00368. The number of rotatable bonds is 9. The number of hydrogen-bond donors (Lipinski definition) is 2. The van der Waals surface area contributed by atoms with Crippen molar-refractivity contribution in [3.05, 3.63) is 21.9 Å². The van der Waals surface area contributed by atoms with Crippen LogP contribution in [0.5, 0.6) is 0 Å². The first kappa shape index (κ1) is 15.7. The van der Waals surface area contributed by atoms with E-state index in [0.29, 0.717) is 6.54 Å². The monoisotopic (exact) mass is 283 g/mol. The second-order valence-electron chi connectivity index (χ2n) is 4.58. The molecule has 0 aliphatic rings. The fourth-order valence-corrected chi connectivity index (χ4v) is 2.56. The van der Waals surface area contributed by atoms with Crippen molar-refractivity contribution in [3.8, 4) is 0 Å². The van der Waals surface area contributed by atoms with Crippen molar-refractivity contribution in [2.75, 3.05) is 6.54 Å². The fourth-order valence-electron chi connectivity index (χ4n) is 1.78. The van der Waals surface area contributed by atoms with E-state index < -0.39 is 5.97 Å². The number of carboxylic acids is 1. The number of aliphatic carboxylic acids is 1. The van der Waals surface area contributed by atoms with Crippen molar-refractivity contribution in [2.24, 2.45) is 0 Å². The first-order valence-corrected chi connectivity index (χ1v) is 7.47. The van der Waals surface area contributed by atoms with Gasteiger partial charge in [0.15, 0.2) is 0 Å². The predicted octanol–water partition coefficient (Wildman–Crippen LogP) is 3.21. The van der Waals surface area contributed by atoms with E-state index in [1.807, 2.05) is 19.1 Å². The van der Waals surface area contributed by atoms with Crippen LogP contribution in [0.25, 0.3) is 0 Å². The van der Waals surface area contributed by atoms with E-state index in [2.05, 4.69) is 5.32 Å². The van der Waals surface area contributed by atoms with E-state index >= 15 is 0 Å². The molecule has 4 nitrogen and oxygen atoms in total. The lowest BCUT2D eigenvalue weighted by Crippen LogP contribution is -2.23. The molecule has 0 saturated carbocycles. The van der Waals surface area contributed by atoms with Crippen LogP contribution >= 0.6 is 11.3 Å². The summed E-state index contributed by atoms with van der Waals surface area (Å²) in [7, 11) is 0. The maximum atomic E-state index is 11.7. The summed E-state index contributed by atoms with van der Waals surface area (Å²) in [5.41, 5.74) is 0. The van der Waals surface area contributed by atoms with Gasteiger partial charge in [0, 0.05) is 17.8 Å². The Morgan fingerprint density at radius 2 is 1.84 bits per heavy atom. The van der Waals surface area contributed by atoms with Crippen molar-refractivity contribution >= 4 is 23.2 Å². The van der Waals surface area contributed by atoms with E-state index in [0.717, 1.165) is 41.9 Å². The average molecular weight is 283 g/mol. The number of hydrogen-bond acceptors (Lipinski definition) is 3. The summed E-state index contributed by atoms with van der Waals surface area (Å²) in [5.74, 6) is -0.720. The smallest absolute Gasteiger partial charge is 0.303 e. The van der Waals surface area contributed by atoms with Gasteiger partial charge in [0.1, 0.15) is 0 Å². The summed E-state index contributed by atoms with van der Waals surface area (Å²) in [4.78, 5) is 23.9.